The van der Waals surface area contributed by atoms with Crippen LogP contribution in [0, 0.1) is 5.82 Å². The Kier molecular flexibility index (Phi) is 5.26. The van der Waals surface area contributed by atoms with Gasteiger partial charge in [-0.2, -0.15) is 4.98 Å². The predicted octanol–water partition coefficient (Wildman–Crippen LogP) is 3.98. The molecule has 0 saturated carbocycles. The second-order valence-electron chi connectivity index (χ2n) is 6.12. The maximum absolute atomic E-state index is 13.7. The Labute approximate surface area is 170 Å². The minimum absolute atomic E-state index is 0.0141. The number of hydrogen-bond acceptors (Lipinski definition) is 7. The van der Waals surface area contributed by atoms with E-state index in [1.54, 1.807) is 30.9 Å². The third-order valence-electron chi connectivity index (χ3n) is 4.15. The van der Waals surface area contributed by atoms with E-state index in [2.05, 4.69) is 30.2 Å². The molecule has 0 spiro atoms. The van der Waals surface area contributed by atoms with E-state index in [0.717, 1.165) is 5.56 Å². The minimum Gasteiger partial charge on any atom is -0.368 e. The maximum Gasteiger partial charge on any atom is 0.222 e. The van der Waals surface area contributed by atoms with Gasteiger partial charge >= 0.3 is 0 Å². The Morgan fingerprint density at radius 3 is 2.55 bits per heavy atom. The van der Waals surface area contributed by atoms with Gasteiger partial charge in [0.1, 0.15) is 18.0 Å². The molecule has 3 N–H and O–H groups in total. The summed E-state index contributed by atoms with van der Waals surface area (Å²) in [5.74, 6) is 0.0401. The molecule has 0 fully saturated rings. The van der Waals surface area contributed by atoms with Crippen molar-refractivity contribution in [3.8, 4) is 22.4 Å². The van der Waals surface area contributed by atoms with E-state index in [1.165, 1.54) is 18.5 Å². The standard InChI is InChI=1S/C20H15ClFN7/c21-15-6-13(3-4-16(15)22)18-17(14-9-25-11-26-10-14)19(29-20(23)28-18)27-8-12-2-1-5-24-7-12/h1-7,9-11H,8H2,(H3,23,27,28,29). The summed E-state index contributed by atoms with van der Waals surface area (Å²) >= 11 is 5.99. The second-order valence-corrected chi connectivity index (χ2v) is 6.53. The molecule has 144 valence electrons. The number of benzene rings is 1. The zero-order valence-electron chi connectivity index (χ0n) is 15.0. The molecule has 0 unspecified atom stereocenters. The van der Waals surface area contributed by atoms with Crippen LogP contribution in [0.25, 0.3) is 22.4 Å². The molecule has 4 rings (SSSR count). The maximum atomic E-state index is 13.7. The van der Waals surface area contributed by atoms with Crippen molar-refractivity contribution < 1.29 is 4.39 Å². The van der Waals surface area contributed by atoms with E-state index in [-0.39, 0.29) is 11.0 Å². The first kappa shape index (κ1) is 18.7. The van der Waals surface area contributed by atoms with E-state index in [0.29, 0.717) is 34.7 Å². The Morgan fingerprint density at radius 1 is 1.00 bits per heavy atom. The fourth-order valence-corrected chi connectivity index (χ4v) is 3.03. The molecular formula is C20H15ClFN7. The van der Waals surface area contributed by atoms with Gasteiger partial charge in [0.15, 0.2) is 0 Å². The molecule has 0 atom stereocenters. The first-order valence-corrected chi connectivity index (χ1v) is 9.00. The van der Waals surface area contributed by atoms with Gasteiger partial charge < -0.3 is 11.1 Å². The number of hydrogen-bond donors (Lipinski definition) is 2. The van der Waals surface area contributed by atoms with Crippen molar-refractivity contribution in [1.82, 2.24) is 24.9 Å². The third-order valence-corrected chi connectivity index (χ3v) is 4.44. The van der Waals surface area contributed by atoms with E-state index in [1.807, 2.05) is 12.1 Å². The van der Waals surface area contributed by atoms with Crippen LogP contribution >= 0.6 is 11.6 Å². The van der Waals surface area contributed by atoms with Gasteiger partial charge in [0.25, 0.3) is 0 Å². The van der Waals surface area contributed by atoms with Crippen molar-refractivity contribution in [2.75, 3.05) is 11.1 Å². The minimum atomic E-state index is -0.517. The highest BCUT2D eigenvalue weighted by Crippen LogP contribution is 2.37. The van der Waals surface area contributed by atoms with Crippen molar-refractivity contribution in [3.05, 3.63) is 77.8 Å². The SMILES string of the molecule is Nc1nc(NCc2cccnc2)c(-c2cncnc2)c(-c2ccc(F)c(Cl)c2)n1. The molecule has 7 nitrogen and oxygen atoms in total. The smallest absolute Gasteiger partial charge is 0.222 e. The van der Waals surface area contributed by atoms with E-state index < -0.39 is 5.82 Å². The Balaban J connectivity index is 1.86. The zero-order valence-corrected chi connectivity index (χ0v) is 15.8. The summed E-state index contributed by atoms with van der Waals surface area (Å²) in [6.07, 6.45) is 8.18. The monoisotopic (exact) mass is 407 g/mol. The summed E-state index contributed by atoms with van der Waals surface area (Å²) < 4.78 is 13.7. The number of rotatable bonds is 5. The number of pyridine rings is 1. The molecule has 0 aliphatic rings. The van der Waals surface area contributed by atoms with Crippen LogP contribution in [-0.2, 0) is 6.54 Å². The lowest BCUT2D eigenvalue weighted by atomic mass is 10.0. The fraction of sp³-hybridized carbons (Fsp3) is 0.0500. The molecular weight excluding hydrogens is 393 g/mol. The molecule has 3 heterocycles. The quantitative estimate of drug-likeness (QED) is 0.515. The van der Waals surface area contributed by atoms with Crippen molar-refractivity contribution in [2.24, 2.45) is 0 Å². The van der Waals surface area contributed by atoms with Gasteiger partial charge in [-0.3, -0.25) is 4.98 Å². The van der Waals surface area contributed by atoms with Gasteiger partial charge in [-0.25, -0.2) is 19.3 Å². The zero-order chi connectivity index (χ0) is 20.2. The van der Waals surface area contributed by atoms with Crippen LogP contribution in [0.1, 0.15) is 5.56 Å². The van der Waals surface area contributed by atoms with E-state index >= 15 is 0 Å². The largest absolute Gasteiger partial charge is 0.368 e. The van der Waals surface area contributed by atoms with Crippen LogP contribution in [0.5, 0.6) is 0 Å². The predicted molar refractivity (Wildman–Crippen MR) is 109 cm³/mol. The van der Waals surface area contributed by atoms with Crippen LogP contribution < -0.4 is 11.1 Å². The molecule has 0 aliphatic heterocycles. The van der Waals surface area contributed by atoms with Crippen LogP contribution in [0.3, 0.4) is 0 Å². The Bertz CT molecular complexity index is 1140. The Hall–Kier alpha value is -3.65. The molecule has 0 saturated heterocycles. The number of nitrogens with one attached hydrogen (secondary N) is 1. The topological polar surface area (TPSA) is 102 Å². The number of nitrogens with two attached hydrogens (primary N) is 1. The number of aromatic nitrogens is 5. The molecule has 0 amide bonds. The molecule has 0 aliphatic carbocycles. The summed E-state index contributed by atoms with van der Waals surface area (Å²) in [6, 6.07) is 8.15. The fourth-order valence-electron chi connectivity index (χ4n) is 2.85. The molecule has 0 bridgehead atoms. The first-order valence-electron chi connectivity index (χ1n) is 8.63. The van der Waals surface area contributed by atoms with Crippen LogP contribution in [0.4, 0.5) is 16.2 Å². The number of anilines is 2. The normalized spacial score (nSPS) is 10.7. The van der Waals surface area contributed by atoms with Crippen molar-refractivity contribution >= 4 is 23.4 Å². The van der Waals surface area contributed by atoms with E-state index in [4.69, 9.17) is 17.3 Å². The van der Waals surface area contributed by atoms with Gasteiger partial charge in [0, 0.05) is 42.5 Å². The Morgan fingerprint density at radius 2 is 1.83 bits per heavy atom. The second kappa shape index (κ2) is 8.15. The lowest BCUT2D eigenvalue weighted by Crippen LogP contribution is -2.08. The number of nitrogen functional groups attached to an aromatic ring is 1. The summed E-state index contributed by atoms with van der Waals surface area (Å²) in [7, 11) is 0. The highest BCUT2D eigenvalue weighted by molar-refractivity contribution is 6.31. The third kappa shape index (κ3) is 4.12. The molecule has 0 radical (unpaired) electrons. The number of halogens is 2. The summed E-state index contributed by atoms with van der Waals surface area (Å²) in [6.45, 7) is 0.467. The van der Waals surface area contributed by atoms with Crippen LogP contribution in [0.2, 0.25) is 5.02 Å². The first-order chi connectivity index (χ1) is 14.1. The lowest BCUT2D eigenvalue weighted by molar-refractivity contribution is 0.628. The number of nitrogens with zero attached hydrogens (tertiary/aromatic N) is 5. The molecule has 1 aromatic carbocycles. The molecule has 3 aromatic heterocycles. The van der Waals surface area contributed by atoms with Crippen LogP contribution in [0.15, 0.2) is 61.4 Å². The summed E-state index contributed by atoms with van der Waals surface area (Å²) in [5, 5.41) is 3.26. The average molecular weight is 408 g/mol. The van der Waals surface area contributed by atoms with Gasteiger partial charge in [-0.05, 0) is 29.8 Å². The van der Waals surface area contributed by atoms with Gasteiger partial charge in [0.2, 0.25) is 5.95 Å². The van der Waals surface area contributed by atoms with Crippen molar-refractivity contribution in [1.29, 1.82) is 0 Å². The molecule has 29 heavy (non-hydrogen) atoms. The highest BCUT2D eigenvalue weighted by Gasteiger charge is 2.18. The van der Waals surface area contributed by atoms with Crippen LogP contribution in [-0.4, -0.2) is 24.9 Å². The average Bonchev–Trinajstić information content (AvgIpc) is 2.75. The van der Waals surface area contributed by atoms with Gasteiger partial charge in [-0.15, -0.1) is 0 Å². The van der Waals surface area contributed by atoms with Gasteiger partial charge in [0.05, 0.1) is 16.3 Å². The summed E-state index contributed by atoms with van der Waals surface area (Å²) in [5.41, 5.74) is 9.32. The molecule has 4 aromatic rings. The molecule has 9 heteroatoms. The lowest BCUT2D eigenvalue weighted by Gasteiger charge is -2.16. The summed E-state index contributed by atoms with van der Waals surface area (Å²) in [4.78, 5) is 21.0. The van der Waals surface area contributed by atoms with Crippen molar-refractivity contribution in [2.45, 2.75) is 6.54 Å². The highest BCUT2D eigenvalue weighted by atomic mass is 35.5. The van der Waals surface area contributed by atoms with Gasteiger partial charge in [-0.1, -0.05) is 17.7 Å². The van der Waals surface area contributed by atoms with Crippen molar-refractivity contribution in [3.63, 3.8) is 0 Å². The van der Waals surface area contributed by atoms with E-state index in [9.17, 15) is 4.39 Å².